The van der Waals surface area contributed by atoms with Crippen molar-refractivity contribution in [1.29, 1.82) is 0 Å². The second-order valence-electron chi connectivity index (χ2n) is 7.41. The lowest BCUT2D eigenvalue weighted by atomic mass is 9.85. The van der Waals surface area contributed by atoms with E-state index in [1.54, 1.807) is 21.3 Å². The molecule has 2 saturated heterocycles. The Bertz CT molecular complexity index is 912. The van der Waals surface area contributed by atoms with Crippen molar-refractivity contribution in [3.05, 3.63) is 41.5 Å². The van der Waals surface area contributed by atoms with Gasteiger partial charge in [-0.05, 0) is 35.4 Å². The molecule has 0 aliphatic carbocycles. The average molecular weight is 400 g/mol. The number of ether oxygens (including phenoxy) is 7. The number of rotatable bonds is 5. The van der Waals surface area contributed by atoms with E-state index < -0.39 is 0 Å². The van der Waals surface area contributed by atoms with Crippen LogP contribution in [-0.4, -0.2) is 41.3 Å². The van der Waals surface area contributed by atoms with Crippen LogP contribution in [0.25, 0.3) is 0 Å². The van der Waals surface area contributed by atoms with Gasteiger partial charge in [-0.15, -0.1) is 0 Å². The minimum Gasteiger partial charge on any atom is -0.493 e. The van der Waals surface area contributed by atoms with Gasteiger partial charge in [0.05, 0.1) is 46.8 Å². The van der Waals surface area contributed by atoms with E-state index >= 15 is 0 Å². The van der Waals surface area contributed by atoms with Gasteiger partial charge in [0, 0.05) is 11.8 Å². The van der Waals surface area contributed by atoms with Crippen LogP contribution in [0.3, 0.4) is 0 Å². The maximum absolute atomic E-state index is 6.23. The summed E-state index contributed by atoms with van der Waals surface area (Å²) >= 11 is 0. The van der Waals surface area contributed by atoms with E-state index in [9.17, 15) is 0 Å². The first-order chi connectivity index (χ1) is 14.2. The molecule has 3 aliphatic heterocycles. The summed E-state index contributed by atoms with van der Waals surface area (Å²) in [4.78, 5) is 0. The molecule has 2 aromatic rings. The smallest absolute Gasteiger partial charge is 0.231 e. The van der Waals surface area contributed by atoms with Crippen LogP contribution in [0.15, 0.2) is 30.3 Å². The first-order valence-corrected chi connectivity index (χ1v) is 9.66. The van der Waals surface area contributed by atoms with E-state index in [2.05, 4.69) is 0 Å². The van der Waals surface area contributed by atoms with Crippen molar-refractivity contribution in [2.75, 3.05) is 41.3 Å². The van der Waals surface area contributed by atoms with Crippen LogP contribution in [0, 0.1) is 11.8 Å². The normalized spacial score (nSPS) is 27.0. The lowest BCUT2D eigenvalue weighted by Gasteiger charge is -2.18. The van der Waals surface area contributed by atoms with Gasteiger partial charge in [-0.1, -0.05) is 6.07 Å². The Morgan fingerprint density at radius 1 is 0.724 bits per heavy atom. The molecular weight excluding hydrogens is 376 g/mol. The highest BCUT2D eigenvalue weighted by Gasteiger charge is 2.48. The van der Waals surface area contributed by atoms with Gasteiger partial charge in [-0.25, -0.2) is 0 Å². The summed E-state index contributed by atoms with van der Waals surface area (Å²) in [5, 5.41) is 0. The van der Waals surface area contributed by atoms with Gasteiger partial charge in [-0.2, -0.15) is 0 Å². The Morgan fingerprint density at radius 2 is 1.38 bits per heavy atom. The Hall–Kier alpha value is -2.64. The molecule has 0 unspecified atom stereocenters. The molecule has 0 N–H and O–H groups in total. The molecule has 2 aromatic carbocycles. The maximum Gasteiger partial charge on any atom is 0.231 e. The fourth-order valence-corrected chi connectivity index (χ4v) is 4.58. The molecule has 0 aromatic heterocycles. The summed E-state index contributed by atoms with van der Waals surface area (Å²) in [7, 11) is 4.90. The molecule has 0 radical (unpaired) electrons. The molecule has 0 saturated carbocycles. The van der Waals surface area contributed by atoms with E-state index in [4.69, 9.17) is 33.2 Å². The van der Waals surface area contributed by atoms with Crippen molar-refractivity contribution in [3.63, 3.8) is 0 Å². The van der Waals surface area contributed by atoms with Crippen LogP contribution in [-0.2, 0) is 9.47 Å². The molecule has 5 rings (SSSR count). The predicted octanol–water partition coefficient (Wildman–Crippen LogP) is 3.52. The molecule has 29 heavy (non-hydrogen) atoms. The summed E-state index contributed by atoms with van der Waals surface area (Å²) in [5.41, 5.74) is 2.10. The fourth-order valence-electron chi connectivity index (χ4n) is 4.58. The molecule has 0 bridgehead atoms. The number of methoxy groups -OCH3 is 3. The lowest BCUT2D eigenvalue weighted by Crippen LogP contribution is -2.14. The van der Waals surface area contributed by atoms with Gasteiger partial charge in [0.25, 0.3) is 0 Å². The predicted molar refractivity (Wildman–Crippen MR) is 103 cm³/mol. The van der Waals surface area contributed by atoms with Crippen LogP contribution in [0.1, 0.15) is 23.3 Å². The summed E-state index contributed by atoms with van der Waals surface area (Å²) in [6.07, 6.45) is -0.116. The maximum atomic E-state index is 6.23. The molecule has 7 heteroatoms. The topological polar surface area (TPSA) is 64.6 Å². The summed E-state index contributed by atoms with van der Waals surface area (Å²) in [6.45, 7) is 1.47. The fraction of sp³-hybridized carbons (Fsp3) is 0.455. The van der Waals surface area contributed by atoms with E-state index in [1.807, 2.05) is 30.3 Å². The van der Waals surface area contributed by atoms with Crippen molar-refractivity contribution in [2.24, 2.45) is 11.8 Å². The van der Waals surface area contributed by atoms with Gasteiger partial charge in [0.1, 0.15) is 0 Å². The number of hydrogen-bond donors (Lipinski definition) is 0. The molecule has 4 atom stereocenters. The zero-order chi connectivity index (χ0) is 20.0. The zero-order valence-corrected chi connectivity index (χ0v) is 16.7. The molecule has 0 amide bonds. The molecule has 3 heterocycles. The number of benzene rings is 2. The first kappa shape index (κ1) is 18.4. The van der Waals surface area contributed by atoms with Gasteiger partial charge in [-0.3, -0.25) is 0 Å². The van der Waals surface area contributed by atoms with Crippen LogP contribution in [0.2, 0.25) is 0 Å². The number of fused-ring (bicyclic) bond motifs is 2. The number of hydrogen-bond acceptors (Lipinski definition) is 7. The van der Waals surface area contributed by atoms with Crippen LogP contribution < -0.4 is 23.7 Å². The minimum atomic E-state index is -0.0754. The molecule has 3 aliphatic rings. The molecule has 2 fully saturated rings. The van der Waals surface area contributed by atoms with Crippen molar-refractivity contribution >= 4 is 0 Å². The Morgan fingerprint density at radius 3 is 2.07 bits per heavy atom. The van der Waals surface area contributed by atoms with E-state index in [0.29, 0.717) is 42.0 Å². The SMILES string of the molecule is COc1ccc([C@@H]2OC[C@H]3[C@H]2CO[C@@H]3c2cc(OC)c3c(c2)OCO3)cc1OC. The van der Waals surface area contributed by atoms with Gasteiger partial charge in [0.15, 0.2) is 23.0 Å². The van der Waals surface area contributed by atoms with Crippen LogP contribution >= 0.6 is 0 Å². The quantitative estimate of drug-likeness (QED) is 0.761. The Balaban J connectivity index is 1.41. The lowest BCUT2D eigenvalue weighted by molar-refractivity contribution is 0.0191. The molecule has 0 spiro atoms. The monoisotopic (exact) mass is 400 g/mol. The van der Waals surface area contributed by atoms with Gasteiger partial charge < -0.3 is 33.2 Å². The van der Waals surface area contributed by atoms with Crippen molar-refractivity contribution < 1.29 is 33.2 Å². The molecule has 7 nitrogen and oxygen atoms in total. The van der Waals surface area contributed by atoms with Crippen molar-refractivity contribution in [3.8, 4) is 28.7 Å². The molecule has 154 valence electrons. The highest BCUT2D eigenvalue weighted by Crippen LogP contribution is 2.53. The zero-order valence-electron chi connectivity index (χ0n) is 16.7. The van der Waals surface area contributed by atoms with Crippen molar-refractivity contribution in [2.45, 2.75) is 12.2 Å². The van der Waals surface area contributed by atoms with E-state index in [-0.39, 0.29) is 30.8 Å². The third-order valence-corrected chi connectivity index (χ3v) is 6.01. The minimum absolute atomic E-state index is 0.0410. The third kappa shape index (κ3) is 2.96. The Kier molecular flexibility index (Phi) is 4.64. The summed E-state index contributed by atoms with van der Waals surface area (Å²) in [6, 6.07) is 9.90. The first-order valence-electron chi connectivity index (χ1n) is 9.66. The summed E-state index contributed by atoms with van der Waals surface area (Å²) < 4.78 is 39.8. The third-order valence-electron chi connectivity index (χ3n) is 6.01. The second kappa shape index (κ2) is 7.31. The highest BCUT2D eigenvalue weighted by molar-refractivity contribution is 5.55. The van der Waals surface area contributed by atoms with Crippen LogP contribution in [0.5, 0.6) is 28.7 Å². The second-order valence-corrected chi connectivity index (χ2v) is 7.41. The van der Waals surface area contributed by atoms with E-state index in [0.717, 1.165) is 11.1 Å². The molecular formula is C22H24O7. The van der Waals surface area contributed by atoms with Crippen LogP contribution in [0.4, 0.5) is 0 Å². The summed E-state index contributed by atoms with van der Waals surface area (Å²) in [5.74, 6) is 3.93. The van der Waals surface area contributed by atoms with Crippen molar-refractivity contribution in [1.82, 2.24) is 0 Å². The van der Waals surface area contributed by atoms with E-state index in [1.165, 1.54) is 0 Å². The Labute approximate surface area is 169 Å². The van der Waals surface area contributed by atoms with Gasteiger partial charge in [0.2, 0.25) is 12.5 Å². The standard InChI is InChI=1S/C22H24O7/c1-23-16-5-4-12(6-17(16)24-2)20-14-9-27-21(15(14)10-26-20)13-7-18(25-3)22-19(8-13)28-11-29-22/h4-8,14-15,20-21H,9-11H2,1-3H3/t14-,15+,20+,21-/m1/s1. The largest absolute Gasteiger partial charge is 0.493 e. The average Bonchev–Trinajstić information content (AvgIpc) is 3.48. The van der Waals surface area contributed by atoms with Gasteiger partial charge >= 0.3 is 0 Å². The highest BCUT2D eigenvalue weighted by atomic mass is 16.7.